The number of hydrogen-bond donors (Lipinski definition) is 2. The SMILES string of the molecule is C=Cc1cc(Oc2ccc(C(=O)O)cc2)ccc1[C@@H](C)[C@@](O)(c1ccc2c(c1)N(C)C(=O)CO2)C(F)(F)F. The van der Waals surface area contributed by atoms with Crippen molar-refractivity contribution in [1.29, 1.82) is 0 Å². The monoisotopic (exact) mass is 527 g/mol. The van der Waals surface area contributed by atoms with Crippen LogP contribution in [-0.4, -0.2) is 41.9 Å². The summed E-state index contributed by atoms with van der Waals surface area (Å²) in [7, 11) is 1.42. The van der Waals surface area contributed by atoms with Crippen LogP contribution in [0.4, 0.5) is 18.9 Å². The molecule has 1 heterocycles. The second-order valence-corrected chi connectivity index (χ2v) is 8.84. The van der Waals surface area contributed by atoms with Crippen LogP contribution in [0.5, 0.6) is 17.2 Å². The normalized spacial score (nSPS) is 15.6. The molecule has 7 nitrogen and oxygen atoms in total. The molecule has 10 heteroatoms. The molecular weight excluding hydrogens is 503 g/mol. The second kappa shape index (κ2) is 9.86. The van der Waals surface area contributed by atoms with E-state index in [1.54, 1.807) is 0 Å². The van der Waals surface area contributed by atoms with Gasteiger partial charge in [0.2, 0.25) is 0 Å². The highest BCUT2D eigenvalue weighted by Crippen LogP contribution is 2.51. The van der Waals surface area contributed by atoms with Crippen molar-refractivity contribution in [2.75, 3.05) is 18.6 Å². The molecule has 0 spiro atoms. The molecule has 0 radical (unpaired) electrons. The van der Waals surface area contributed by atoms with Gasteiger partial charge >= 0.3 is 12.1 Å². The number of nitrogens with zero attached hydrogens (tertiary/aromatic N) is 1. The van der Waals surface area contributed by atoms with E-state index in [4.69, 9.17) is 14.6 Å². The van der Waals surface area contributed by atoms with E-state index in [-0.39, 0.29) is 34.9 Å². The summed E-state index contributed by atoms with van der Waals surface area (Å²) in [6.45, 7) is 4.72. The highest BCUT2D eigenvalue weighted by molar-refractivity contribution is 5.97. The first-order chi connectivity index (χ1) is 17.9. The molecule has 0 saturated carbocycles. The van der Waals surface area contributed by atoms with Gasteiger partial charge in [-0.05, 0) is 65.2 Å². The van der Waals surface area contributed by atoms with Gasteiger partial charge < -0.3 is 24.6 Å². The van der Waals surface area contributed by atoms with E-state index in [0.717, 1.165) is 12.1 Å². The fraction of sp³-hybridized carbons (Fsp3) is 0.214. The number of carbonyl (C=O) groups is 2. The molecule has 4 rings (SSSR count). The van der Waals surface area contributed by atoms with E-state index in [0.29, 0.717) is 11.3 Å². The summed E-state index contributed by atoms with van der Waals surface area (Å²) < 4.78 is 54.8. The highest BCUT2D eigenvalue weighted by Gasteiger charge is 2.59. The van der Waals surface area contributed by atoms with Gasteiger partial charge in [-0.3, -0.25) is 4.79 Å². The van der Waals surface area contributed by atoms with Gasteiger partial charge in [0, 0.05) is 13.0 Å². The van der Waals surface area contributed by atoms with Gasteiger partial charge in [0.1, 0.15) is 17.2 Å². The fourth-order valence-corrected chi connectivity index (χ4v) is 4.38. The zero-order chi connectivity index (χ0) is 27.8. The Morgan fingerprint density at radius 3 is 2.37 bits per heavy atom. The minimum absolute atomic E-state index is 0.0732. The van der Waals surface area contributed by atoms with Crippen LogP contribution < -0.4 is 14.4 Å². The molecule has 3 aromatic rings. The zero-order valence-corrected chi connectivity index (χ0v) is 20.5. The topological polar surface area (TPSA) is 96.3 Å². The highest BCUT2D eigenvalue weighted by atomic mass is 19.4. The molecule has 38 heavy (non-hydrogen) atoms. The Morgan fingerprint density at radius 1 is 1.11 bits per heavy atom. The molecule has 0 aliphatic carbocycles. The quantitative estimate of drug-likeness (QED) is 0.408. The van der Waals surface area contributed by atoms with Gasteiger partial charge in [0.05, 0.1) is 11.3 Å². The van der Waals surface area contributed by atoms with E-state index >= 15 is 0 Å². The molecule has 0 aromatic heterocycles. The van der Waals surface area contributed by atoms with E-state index in [1.165, 1.54) is 73.5 Å². The van der Waals surface area contributed by atoms with Crippen LogP contribution in [0, 0.1) is 0 Å². The predicted molar refractivity (Wildman–Crippen MR) is 134 cm³/mol. The third kappa shape index (κ3) is 4.70. The van der Waals surface area contributed by atoms with Crippen LogP contribution >= 0.6 is 0 Å². The predicted octanol–water partition coefficient (Wildman–Crippen LogP) is 5.73. The van der Waals surface area contributed by atoms with Crippen molar-refractivity contribution >= 4 is 23.6 Å². The number of carboxylic acid groups (broad SMARTS) is 1. The lowest BCUT2D eigenvalue weighted by Crippen LogP contribution is -2.47. The lowest BCUT2D eigenvalue weighted by atomic mass is 9.76. The largest absolute Gasteiger partial charge is 0.482 e. The number of anilines is 1. The van der Waals surface area contributed by atoms with Gasteiger partial charge in [-0.1, -0.05) is 31.7 Å². The molecule has 0 saturated heterocycles. The number of aromatic carboxylic acids is 1. The number of aliphatic hydroxyl groups is 1. The first kappa shape index (κ1) is 26.7. The van der Waals surface area contributed by atoms with Gasteiger partial charge in [-0.25, -0.2) is 4.79 Å². The summed E-state index contributed by atoms with van der Waals surface area (Å²) >= 11 is 0. The number of alkyl halides is 3. The van der Waals surface area contributed by atoms with Gasteiger partial charge in [0.15, 0.2) is 12.2 Å². The summed E-state index contributed by atoms with van der Waals surface area (Å²) in [4.78, 5) is 24.3. The minimum Gasteiger partial charge on any atom is -0.482 e. The Balaban J connectivity index is 1.72. The number of fused-ring (bicyclic) bond motifs is 1. The maximum Gasteiger partial charge on any atom is 0.422 e. The maximum atomic E-state index is 14.6. The Labute approximate surface area is 216 Å². The number of carboxylic acids is 1. The number of amides is 1. The van der Waals surface area contributed by atoms with Crippen molar-refractivity contribution in [3.63, 3.8) is 0 Å². The van der Waals surface area contributed by atoms with Crippen LogP contribution in [0.2, 0.25) is 0 Å². The van der Waals surface area contributed by atoms with Gasteiger partial charge in [-0.2, -0.15) is 13.2 Å². The van der Waals surface area contributed by atoms with Crippen LogP contribution in [0.25, 0.3) is 6.08 Å². The average molecular weight is 527 g/mol. The number of carbonyl (C=O) groups excluding carboxylic acids is 1. The van der Waals surface area contributed by atoms with E-state index in [2.05, 4.69) is 6.58 Å². The van der Waals surface area contributed by atoms with Crippen molar-refractivity contribution < 1.29 is 42.4 Å². The molecule has 1 aliphatic rings. The molecule has 1 aliphatic heterocycles. The first-order valence-electron chi connectivity index (χ1n) is 11.5. The Kier molecular flexibility index (Phi) is 6.94. The fourth-order valence-electron chi connectivity index (χ4n) is 4.38. The lowest BCUT2D eigenvalue weighted by Gasteiger charge is -2.38. The number of rotatable bonds is 7. The van der Waals surface area contributed by atoms with Crippen LogP contribution in [0.1, 0.15) is 39.9 Å². The van der Waals surface area contributed by atoms with Crippen molar-refractivity contribution in [3.05, 3.63) is 89.5 Å². The maximum absolute atomic E-state index is 14.6. The van der Waals surface area contributed by atoms with E-state index in [9.17, 15) is 27.9 Å². The number of likely N-dealkylation sites (N-methyl/N-ethyl adjacent to an activating group) is 1. The van der Waals surface area contributed by atoms with Gasteiger partial charge in [-0.15, -0.1) is 0 Å². The second-order valence-electron chi connectivity index (χ2n) is 8.84. The molecule has 1 amide bonds. The molecule has 3 aromatic carbocycles. The summed E-state index contributed by atoms with van der Waals surface area (Å²) in [5, 5.41) is 20.3. The smallest absolute Gasteiger partial charge is 0.422 e. The first-order valence-corrected chi connectivity index (χ1v) is 11.5. The number of halogens is 3. The van der Waals surface area contributed by atoms with Crippen molar-refractivity contribution in [2.24, 2.45) is 0 Å². The van der Waals surface area contributed by atoms with Crippen LogP contribution in [0.3, 0.4) is 0 Å². The Morgan fingerprint density at radius 2 is 1.76 bits per heavy atom. The van der Waals surface area contributed by atoms with Crippen molar-refractivity contribution in [2.45, 2.75) is 24.6 Å². The number of ether oxygens (including phenoxy) is 2. The molecular formula is C28H24F3NO6. The Bertz CT molecular complexity index is 1400. The molecule has 0 bridgehead atoms. The minimum atomic E-state index is -5.09. The van der Waals surface area contributed by atoms with Crippen LogP contribution in [0.15, 0.2) is 67.2 Å². The lowest BCUT2D eigenvalue weighted by molar-refractivity contribution is -0.274. The molecule has 198 valence electrons. The molecule has 0 unspecified atom stereocenters. The van der Waals surface area contributed by atoms with E-state index in [1.807, 2.05) is 0 Å². The number of benzene rings is 3. The molecule has 0 fully saturated rings. The van der Waals surface area contributed by atoms with Crippen molar-refractivity contribution in [1.82, 2.24) is 0 Å². The summed E-state index contributed by atoms with van der Waals surface area (Å²) in [6, 6.07) is 13.5. The van der Waals surface area contributed by atoms with E-state index < -0.39 is 35.1 Å². The standard InChI is InChI=1S/C28H24F3NO6/c1-4-17-13-21(38-20-8-5-18(6-9-20)26(34)35)10-11-22(17)16(2)27(36,28(29,30)31)19-7-12-24-23(14-19)32(3)25(33)15-37-24/h4-14,16,36H,1,15H2,2-3H3,(H,34,35)/t16-,27-/m1/s1. The summed E-state index contributed by atoms with van der Waals surface area (Å²) in [6.07, 6.45) is -3.73. The zero-order valence-electron chi connectivity index (χ0n) is 20.5. The van der Waals surface area contributed by atoms with Crippen molar-refractivity contribution in [3.8, 4) is 17.2 Å². The third-order valence-corrected chi connectivity index (χ3v) is 6.63. The summed E-state index contributed by atoms with van der Waals surface area (Å²) in [5.41, 5.74) is -3.12. The molecule has 2 atom stereocenters. The third-order valence-electron chi connectivity index (χ3n) is 6.63. The Hall–Kier alpha value is -4.31. The average Bonchev–Trinajstić information content (AvgIpc) is 2.89. The van der Waals surface area contributed by atoms with Crippen LogP contribution in [-0.2, 0) is 10.4 Å². The summed E-state index contributed by atoms with van der Waals surface area (Å²) in [5.74, 6) is -2.18. The number of hydrogen-bond acceptors (Lipinski definition) is 5. The van der Waals surface area contributed by atoms with Gasteiger partial charge in [0.25, 0.3) is 5.91 Å². The molecule has 2 N–H and O–H groups in total.